The van der Waals surface area contributed by atoms with E-state index in [1.165, 1.54) is 23.8 Å². The van der Waals surface area contributed by atoms with E-state index in [0.717, 1.165) is 69.4 Å². The molecule has 2 N–H and O–H groups in total. The summed E-state index contributed by atoms with van der Waals surface area (Å²) in [6.45, 7) is 7.03. The van der Waals surface area contributed by atoms with Crippen LogP contribution in [0, 0.1) is 5.92 Å². The van der Waals surface area contributed by atoms with Gasteiger partial charge in [0.15, 0.2) is 0 Å². The first-order chi connectivity index (χ1) is 25.1. The molecule has 1 unspecified atom stereocenters. The molecule has 4 aromatic rings. The normalized spacial score (nSPS) is 21.8. The van der Waals surface area contributed by atoms with Crippen LogP contribution in [0.2, 0.25) is 0 Å². The number of alkyl halides is 2. The molecule has 7 rings (SSSR count). The number of nitrogens with one attached hydrogen (secondary N) is 2. The highest BCUT2D eigenvalue weighted by Gasteiger charge is 2.30. The number of aromatic nitrogens is 3. The van der Waals surface area contributed by atoms with Crippen molar-refractivity contribution in [2.75, 3.05) is 25.0 Å². The van der Waals surface area contributed by atoms with E-state index in [0.29, 0.717) is 42.0 Å². The summed E-state index contributed by atoms with van der Waals surface area (Å²) >= 11 is 0. The number of benzene rings is 1. The van der Waals surface area contributed by atoms with Crippen molar-refractivity contribution in [3.8, 4) is 5.75 Å². The van der Waals surface area contributed by atoms with Crippen molar-refractivity contribution < 1.29 is 27.9 Å². The summed E-state index contributed by atoms with van der Waals surface area (Å²) in [6.07, 6.45) is 8.35. The van der Waals surface area contributed by atoms with Crippen LogP contribution >= 0.6 is 0 Å². The minimum Gasteiger partial charge on any atom is -0.490 e. The molecule has 10 nitrogen and oxygen atoms in total. The standard InChI is InChI=1S/C40H46F2N6O4/c1-24(2)52-34-20-36-44-33(23-48(36)22-31(34)40(51)45-35-5-3-4-32(43-35)38(41)42)29-8-6-25(7-9-29)21-47-18-16-27(17-19-47)26-10-12-28(13-11-26)30-14-15-37(49)46-39(30)50/h3-5,10-13,20,22-25,27,29-30,38H,6-9,14-19,21H2,1-2H3,(H,43,45,51)(H,46,49,50)/t25-,29-,30?. The summed E-state index contributed by atoms with van der Waals surface area (Å²) in [7, 11) is 0. The average molecular weight is 713 g/mol. The Morgan fingerprint density at radius 2 is 1.65 bits per heavy atom. The van der Waals surface area contributed by atoms with Crippen molar-refractivity contribution in [3.05, 3.63) is 89.0 Å². The number of hydrogen-bond donors (Lipinski definition) is 2. The molecule has 0 spiro atoms. The number of piperidine rings is 2. The molecule has 3 amide bonds. The molecule has 2 aliphatic heterocycles. The molecule has 52 heavy (non-hydrogen) atoms. The zero-order valence-corrected chi connectivity index (χ0v) is 29.7. The molecule has 1 aliphatic carbocycles. The van der Waals surface area contributed by atoms with Crippen LogP contribution in [0.1, 0.15) is 122 Å². The third-order valence-electron chi connectivity index (χ3n) is 10.8. The lowest BCUT2D eigenvalue weighted by Crippen LogP contribution is -2.39. The molecule has 1 aromatic carbocycles. The van der Waals surface area contributed by atoms with Gasteiger partial charge in [-0.15, -0.1) is 0 Å². The van der Waals surface area contributed by atoms with Gasteiger partial charge in [0.05, 0.1) is 23.3 Å². The zero-order valence-electron chi connectivity index (χ0n) is 29.7. The van der Waals surface area contributed by atoms with Crippen molar-refractivity contribution in [3.63, 3.8) is 0 Å². The molecule has 1 atom stereocenters. The summed E-state index contributed by atoms with van der Waals surface area (Å²) in [5, 5.41) is 5.11. The van der Waals surface area contributed by atoms with E-state index in [9.17, 15) is 23.2 Å². The van der Waals surface area contributed by atoms with E-state index in [2.05, 4.69) is 44.8 Å². The first kappa shape index (κ1) is 35.7. The van der Waals surface area contributed by atoms with Crippen LogP contribution in [0.15, 0.2) is 60.9 Å². The maximum atomic E-state index is 13.3. The third kappa shape index (κ3) is 8.17. The monoisotopic (exact) mass is 712 g/mol. The van der Waals surface area contributed by atoms with Gasteiger partial charge < -0.3 is 19.4 Å². The Morgan fingerprint density at radius 3 is 2.35 bits per heavy atom. The summed E-state index contributed by atoms with van der Waals surface area (Å²) < 4.78 is 34.2. The average Bonchev–Trinajstić information content (AvgIpc) is 3.55. The lowest BCUT2D eigenvalue weighted by molar-refractivity contribution is -0.134. The number of imide groups is 1. The van der Waals surface area contributed by atoms with E-state index in [1.54, 1.807) is 12.3 Å². The Balaban J connectivity index is 0.927. The van der Waals surface area contributed by atoms with Crippen LogP contribution in [-0.2, 0) is 9.59 Å². The van der Waals surface area contributed by atoms with E-state index >= 15 is 0 Å². The summed E-state index contributed by atoms with van der Waals surface area (Å²) in [5.74, 6) is 0.799. The van der Waals surface area contributed by atoms with Gasteiger partial charge in [0.1, 0.15) is 22.9 Å². The topological polar surface area (TPSA) is 118 Å². The number of nitrogens with zero attached hydrogens (tertiary/aromatic N) is 4. The van der Waals surface area contributed by atoms with Crippen molar-refractivity contribution in [2.45, 2.75) is 95.5 Å². The number of rotatable bonds is 10. The van der Waals surface area contributed by atoms with Crippen LogP contribution in [0.3, 0.4) is 0 Å². The number of imidazole rings is 1. The van der Waals surface area contributed by atoms with E-state index in [1.807, 2.05) is 24.4 Å². The Morgan fingerprint density at radius 1 is 0.923 bits per heavy atom. The predicted octanol–water partition coefficient (Wildman–Crippen LogP) is 7.38. The Labute approximate surface area is 302 Å². The number of amides is 3. The van der Waals surface area contributed by atoms with Crippen molar-refractivity contribution in [1.29, 1.82) is 0 Å². The number of pyridine rings is 2. The molecule has 3 aliphatic rings. The Hall–Kier alpha value is -4.71. The van der Waals surface area contributed by atoms with E-state index < -0.39 is 18.0 Å². The Kier molecular flexibility index (Phi) is 10.6. The second-order valence-corrected chi connectivity index (χ2v) is 14.8. The number of anilines is 1. The van der Waals surface area contributed by atoms with Gasteiger partial charge >= 0.3 is 0 Å². The van der Waals surface area contributed by atoms with Gasteiger partial charge in [0, 0.05) is 37.3 Å². The number of carbonyl (C=O) groups is 3. The number of halogens is 2. The Bertz CT molecular complexity index is 1910. The zero-order chi connectivity index (χ0) is 36.4. The molecule has 2 saturated heterocycles. The fourth-order valence-electron chi connectivity index (χ4n) is 8.05. The number of ether oxygens (including phenoxy) is 1. The molecular formula is C40H46F2N6O4. The molecule has 1 saturated carbocycles. The highest BCUT2D eigenvalue weighted by molar-refractivity contribution is 6.06. The second-order valence-electron chi connectivity index (χ2n) is 14.8. The van der Waals surface area contributed by atoms with Gasteiger partial charge in [-0.05, 0) is 107 Å². The van der Waals surface area contributed by atoms with Crippen molar-refractivity contribution >= 4 is 29.2 Å². The molecule has 274 valence electrons. The minimum atomic E-state index is -2.74. The second kappa shape index (κ2) is 15.5. The summed E-state index contributed by atoms with van der Waals surface area (Å²) in [6, 6.07) is 14.4. The molecule has 0 bridgehead atoms. The maximum absolute atomic E-state index is 13.3. The summed E-state index contributed by atoms with van der Waals surface area (Å²) in [4.78, 5) is 48.6. The van der Waals surface area contributed by atoms with Gasteiger partial charge in [-0.3, -0.25) is 19.7 Å². The van der Waals surface area contributed by atoms with Gasteiger partial charge in [-0.25, -0.2) is 18.7 Å². The quantitative estimate of drug-likeness (QED) is 0.165. The van der Waals surface area contributed by atoms with Gasteiger partial charge in [0.25, 0.3) is 12.3 Å². The molecule has 0 radical (unpaired) electrons. The first-order valence-electron chi connectivity index (χ1n) is 18.5. The van der Waals surface area contributed by atoms with Crippen LogP contribution in [0.25, 0.3) is 5.65 Å². The largest absolute Gasteiger partial charge is 0.490 e. The lowest BCUT2D eigenvalue weighted by Gasteiger charge is -2.36. The summed E-state index contributed by atoms with van der Waals surface area (Å²) in [5.41, 5.74) is 3.87. The van der Waals surface area contributed by atoms with E-state index in [-0.39, 0.29) is 35.2 Å². The minimum absolute atomic E-state index is 0.0455. The number of hydrogen-bond acceptors (Lipinski definition) is 7. The SMILES string of the molecule is CC(C)Oc1cc2nc([C@H]3CC[C@H](CN4CCC(c5ccc(C6CCC(=O)NC6=O)cc5)CC4)CC3)cn2cc1C(=O)Nc1cccc(C(F)F)n1. The molecular weight excluding hydrogens is 666 g/mol. The van der Waals surface area contributed by atoms with Crippen molar-refractivity contribution in [2.24, 2.45) is 5.92 Å². The smallest absolute Gasteiger partial charge is 0.280 e. The fraction of sp³-hybridized carbons (Fsp3) is 0.475. The number of likely N-dealkylation sites (tertiary alicyclic amines) is 1. The fourth-order valence-corrected chi connectivity index (χ4v) is 8.05. The predicted molar refractivity (Wildman–Crippen MR) is 193 cm³/mol. The highest BCUT2D eigenvalue weighted by atomic mass is 19.3. The van der Waals surface area contributed by atoms with Crippen LogP contribution in [0.5, 0.6) is 5.75 Å². The number of fused-ring (bicyclic) bond motifs is 1. The van der Waals surface area contributed by atoms with Crippen LogP contribution in [-0.4, -0.2) is 62.7 Å². The lowest BCUT2D eigenvalue weighted by atomic mass is 9.80. The molecule has 12 heteroatoms. The molecule has 3 aromatic heterocycles. The maximum Gasteiger partial charge on any atom is 0.280 e. The third-order valence-corrected chi connectivity index (χ3v) is 10.8. The molecule has 3 fully saturated rings. The first-order valence-corrected chi connectivity index (χ1v) is 18.5. The number of carbonyl (C=O) groups excluding carboxylic acids is 3. The van der Waals surface area contributed by atoms with Gasteiger partial charge in [-0.1, -0.05) is 30.3 Å². The van der Waals surface area contributed by atoms with Gasteiger partial charge in [-0.2, -0.15) is 0 Å². The van der Waals surface area contributed by atoms with E-state index in [4.69, 9.17) is 9.72 Å². The van der Waals surface area contributed by atoms with Crippen LogP contribution in [0.4, 0.5) is 14.6 Å². The highest BCUT2D eigenvalue weighted by Crippen LogP contribution is 2.38. The van der Waals surface area contributed by atoms with Crippen LogP contribution < -0.4 is 15.4 Å². The van der Waals surface area contributed by atoms with Gasteiger partial charge in [0.2, 0.25) is 11.8 Å². The van der Waals surface area contributed by atoms with Crippen molar-refractivity contribution in [1.82, 2.24) is 24.6 Å². The molecule has 5 heterocycles.